The molecule has 0 aromatic rings. The molecule has 0 aromatic heterocycles. The molecule has 4 heteroatoms. The van der Waals surface area contributed by atoms with Crippen molar-refractivity contribution in [1.29, 1.82) is 0 Å². The number of sulfone groups is 1. The van der Waals surface area contributed by atoms with Gasteiger partial charge in [-0.15, -0.1) is 0 Å². The van der Waals surface area contributed by atoms with E-state index in [-0.39, 0.29) is 18.3 Å². The zero-order valence-electron chi connectivity index (χ0n) is 6.23. The molecule has 64 valence electrons. The van der Waals surface area contributed by atoms with Crippen LogP contribution in [0.3, 0.4) is 0 Å². The van der Waals surface area contributed by atoms with Crippen molar-refractivity contribution >= 4 is 9.84 Å². The Morgan fingerprint density at radius 3 is 2.73 bits per heavy atom. The van der Waals surface area contributed by atoms with E-state index < -0.39 is 9.84 Å². The van der Waals surface area contributed by atoms with Crippen molar-refractivity contribution in [2.45, 2.75) is 6.42 Å². The van der Waals surface area contributed by atoms with E-state index in [1.807, 2.05) is 0 Å². The van der Waals surface area contributed by atoms with Crippen molar-refractivity contribution in [2.24, 2.45) is 5.92 Å². The number of allylic oxidation sites excluding steroid dienone is 1. The molecule has 1 aliphatic rings. The third kappa shape index (κ3) is 2.63. The van der Waals surface area contributed by atoms with Crippen molar-refractivity contribution in [3.8, 4) is 0 Å². The lowest BCUT2D eigenvalue weighted by Crippen LogP contribution is -2.02. The Kier molecular flexibility index (Phi) is 2.67. The van der Waals surface area contributed by atoms with E-state index in [2.05, 4.69) is 0 Å². The van der Waals surface area contributed by atoms with Gasteiger partial charge in [0.25, 0.3) is 0 Å². The molecule has 1 unspecified atom stereocenters. The minimum Gasteiger partial charge on any atom is -0.392 e. The maximum absolute atomic E-state index is 10.9. The maximum atomic E-state index is 10.9. The van der Waals surface area contributed by atoms with Crippen LogP contribution < -0.4 is 0 Å². The van der Waals surface area contributed by atoms with E-state index in [1.54, 1.807) is 12.2 Å². The number of aliphatic hydroxyl groups excluding tert-OH is 1. The molecule has 0 spiro atoms. The summed E-state index contributed by atoms with van der Waals surface area (Å²) in [6.07, 6.45) is 4.09. The fourth-order valence-electron chi connectivity index (χ4n) is 1.23. The number of aliphatic hydroxyl groups is 1. The maximum Gasteiger partial charge on any atom is 0.150 e. The summed E-state index contributed by atoms with van der Waals surface area (Å²) in [6, 6.07) is 0. The molecule has 0 amide bonds. The highest BCUT2D eigenvalue weighted by Crippen LogP contribution is 2.18. The zero-order chi connectivity index (χ0) is 8.32. The molecule has 1 aliphatic heterocycles. The Morgan fingerprint density at radius 1 is 1.55 bits per heavy atom. The molecule has 0 radical (unpaired) electrons. The molecule has 1 rings (SSSR count). The normalized spacial score (nSPS) is 29.7. The number of rotatable bonds is 2. The third-order valence-electron chi connectivity index (χ3n) is 1.78. The summed E-state index contributed by atoms with van der Waals surface area (Å²) in [4.78, 5) is 0. The minimum absolute atomic E-state index is 0.00342. The van der Waals surface area contributed by atoms with Gasteiger partial charge in [0.1, 0.15) is 0 Å². The van der Waals surface area contributed by atoms with Crippen molar-refractivity contribution in [3.05, 3.63) is 12.2 Å². The van der Waals surface area contributed by atoms with Gasteiger partial charge >= 0.3 is 0 Å². The zero-order valence-corrected chi connectivity index (χ0v) is 7.05. The van der Waals surface area contributed by atoms with Crippen molar-refractivity contribution in [1.82, 2.24) is 0 Å². The van der Waals surface area contributed by atoms with E-state index in [0.717, 1.165) is 0 Å². The van der Waals surface area contributed by atoms with Gasteiger partial charge < -0.3 is 5.11 Å². The van der Waals surface area contributed by atoms with Gasteiger partial charge in [0, 0.05) is 0 Å². The Hall–Kier alpha value is -0.350. The second kappa shape index (κ2) is 3.36. The molecule has 0 aliphatic carbocycles. The largest absolute Gasteiger partial charge is 0.392 e. The van der Waals surface area contributed by atoms with Crippen LogP contribution in [0.4, 0.5) is 0 Å². The first-order valence-electron chi connectivity index (χ1n) is 3.62. The summed E-state index contributed by atoms with van der Waals surface area (Å²) >= 11 is 0. The fraction of sp³-hybridized carbons (Fsp3) is 0.714. The van der Waals surface area contributed by atoms with Crippen LogP contribution in [0, 0.1) is 5.92 Å². The van der Waals surface area contributed by atoms with Gasteiger partial charge in [-0.05, 0) is 12.3 Å². The van der Waals surface area contributed by atoms with Crippen molar-refractivity contribution in [2.75, 3.05) is 18.1 Å². The van der Waals surface area contributed by atoms with E-state index in [0.29, 0.717) is 12.2 Å². The van der Waals surface area contributed by atoms with Gasteiger partial charge in [0.15, 0.2) is 9.84 Å². The summed E-state index contributed by atoms with van der Waals surface area (Å²) in [6.45, 7) is -0.00342. The lowest BCUT2D eigenvalue weighted by atomic mass is 10.1. The predicted molar refractivity (Wildman–Crippen MR) is 43.0 cm³/mol. The van der Waals surface area contributed by atoms with Crippen molar-refractivity contribution < 1.29 is 13.5 Å². The summed E-state index contributed by atoms with van der Waals surface area (Å²) in [5.41, 5.74) is 0. The molecule has 3 nitrogen and oxygen atoms in total. The van der Waals surface area contributed by atoms with Crippen LogP contribution in [0.5, 0.6) is 0 Å². The first-order valence-corrected chi connectivity index (χ1v) is 5.44. The van der Waals surface area contributed by atoms with E-state index in [1.165, 1.54) is 0 Å². The SMILES string of the molecule is O=S1(=O)CCC(/C=C/CO)C1. The standard InChI is InChI=1S/C7H12O3S/c8-4-1-2-7-3-5-11(9,10)6-7/h1-2,7-8H,3-6H2/b2-1+. The summed E-state index contributed by atoms with van der Waals surface area (Å²) < 4.78 is 21.8. The average molecular weight is 176 g/mol. The summed E-state index contributed by atoms with van der Waals surface area (Å²) in [7, 11) is -2.76. The third-order valence-corrected chi connectivity index (χ3v) is 3.58. The molecule has 1 atom stereocenters. The second-order valence-corrected chi connectivity index (χ2v) is 5.00. The van der Waals surface area contributed by atoms with Crippen molar-refractivity contribution in [3.63, 3.8) is 0 Å². The quantitative estimate of drug-likeness (QED) is 0.601. The Labute approximate surface area is 66.7 Å². The van der Waals surface area contributed by atoms with Gasteiger partial charge in [-0.25, -0.2) is 8.42 Å². The highest BCUT2D eigenvalue weighted by Gasteiger charge is 2.25. The Morgan fingerprint density at radius 2 is 2.27 bits per heavy atom. The molecular weight excluding hydrogens is 164 g/mol. The lowest BCUT2D eigenvalue weighted by Gasteiger charge is -1.96. The average Bonchev–Trinajstić information content (AvgIpc) is 2.26. The molecule has 1 N–H and O–H groups in total. The van der Waals surface area contributed by atoms with Gasteiger partial charge in [-0.2, -0.15) is 0 Å². The lowest BCUT2D eigenvalue weighted by molar-refractivity contribution is 0.342. The summed E-state index contributed by atoms with van der Waals surface area (Å²) in [5, 5.41) is 8.42. The molecule has 1 fully saturated rings. The molecule has 1 heterocycles. The smallest absolute Gasteiger partial charge is 0.150 e. The van der Waals surface area contributed by atoms with Crippen LogP contribution in [0.25, 0.3) is 0 Å². The number of hydrogen-bond donors (Lipinski definition) is 1. The predicted octanol–water partition coefficient (Wildman–Crippen LogP) is -0.0304. The molecule has 1 saturated heterocycles. The first kappa shape index (κ1) is 8.74. The van der Waals surface area contributed by atoms with Crippen LogP contribution in [0.15, 0.2) is 12.2 Å². The molecule has 0 aromatic carbocycles. The molecule has 11 heavy (non-hydrogen) atoms. The van der Waals surface area contributed by atoms with E-state index >= 15 is 0 Å². The molecule has 0 saturated carbocycles. The monoisotopic (exact) mass is 176 g/mol. The minimum atomic E-state index is -2.76. The second-order valence-electron chi connectivity index (χ2n) is 2.77. The van der Waals surface area contributed by atoms with Gasteiger partial charge in [-0.1, -0.05) is 12.2 Å². The van der Waals surface area contributed by atoms with E-state index in [9.17, 15) is 8.42 Å². The topological polar surface area (TPSA) is 54.4 Å². The van der Waals surface area contributed by atoms with Gasteiger partial charge in [-0.3, -0.25) is 0 Å². The van der Waals surface area contributed by atoms with Crippen LogP contribution in [0.2, 0.25) is 0 Å². The highest BCUT2D eigenvalue weighted by atomic mass is 32.2. The van der Waals surface area contributed by atoms with Crippen LogP contribution in [-0.4, -0.2) is 31.6 Å². The van der Waals surface area contributed by atoms with Gasteiger partial charge in [0.05, 0.1) is 18.1 Å². The van der Waals surface area contributed by atoms with Crippen LogP contribution >= 0.6 is 0 Å². The van der Waals surface area contributed by atoms with E-state index in [4.69, 9.17) is 5.11 Å². The number of hydrogen-bond acceptors (Lipinski definition) is 3. The molecule has 0 bridgehead atoms. The Balaban J connectivity index is 2.49. The Bertz CT molecular complexity index is 240. The van der Waals surface area contributed by atoms with Gasteiger partial charge in [0.2, 0.25) is 0 Å². The summed E-state index contributed by atoms with van der Waals surface area (Å²) in [5.74, 6) is 0.684. The highest BCUT2D eigenvalue weighted by molar-refractivity contribution is 7.91. The van der Waals surface area contributed by atoms with Crippen LogP contribution in [0.1, 0.15) is 6.42 Å². The molecular formula is C7H12O3S. The first-order chi connectivity index (χ1) is 5.14. The van der Waals surface area contributed by atoms with Crippen LogP contribution in [-0.2, 0) is 9.84 Å². The fourth-order valence-corrected chi connectivity index (χ4v) is 2.99.